The van der Waals surface area contributed by atoms with Crippen molar-refractivity contribution in [3.63, 3.8) is 0 Å². The molecule has 0 N–H and O–H groups in total. The van der Waals surface area contributed by atoms with Crippen molar-refractivity contribution in [3.05, 3.63) is 88.6 Å². The SMILES string of the molecule is CCN(C)C(=O)c1coc(CN(Cc2ccc(C)cc2)Cc2cccc(C(F)(F)F)c2)n1. The average Bonchev–Trinajstić information content (AvgIpc) is 3.22. The molecule has 0 aliphatic rings. The third-order valence-corrected chi connectivity index (χ3v) is 5.14. The Morgan fingerprint density at radius 2 is 1.72 bits per heavy atom. The molecule has 0 bridgehead atoms. The molecule has 0 spiro atoms. The predicted octanol–water partition coefficient (Wildman–Crippen LogP) is 5.30. The van der Waals surface area contributed by atoms with Gasteiger partial charge in [-0.15, -0.1) is 0 Å². The Morgan fingerprint density at radius 1 is 1.03 bits per heavy atom. The molecule has 0 saturated heterocycles. The number of aromatic nitrogens is 1. The molecule has 0 aliphatic heterocycles. The minimum Gasteiger partial charge on any atom is -0.447 e. The van der Waals surface area contributed by atoms with Crippen LogP contribution in [0.4, 0.5) is 13.2 Å². The van der Waals surface area contributed by atoms with Gasteiger partial charge < -0.3 is 9.32 Å². The summed E-state index contributed by atoms with van der Waals surface area (Å²) >= 11 is 0. The molecular weight excluding hydrogens is 419 g/mol. The van der Waals surface area contributed by atoms with Gasteiger partial charge in [-0.2, -0.15) is 13.2 Å². The van der Waals surface area contributed by atoms with Crippen molar-refractivity contribution in [2.45, 2.75) is 39.7 Å². The summed E-state index contributed by atoms with van der Waals surface area (Å²) in [5, 5.41) is 0. The Bertz CT molecular complexity index is 1050. The van der Waals surface area contributed by atoms with Crippen LogP contribution in [0.25, 0.3) is 0 Å². The van der Waals surface area contributed by atoms with Crippen LogP contribution >= 0.6 is 0 Å². The highest BCUT2D eigenvalue weighted by molar-refractivity contribution is 5.91. The fourth-order valence-corrected chi connectivity index (χ4v) is 3.24. The minimum atomic E-state index is -4.40. The maximum Gasteiger partial charge on any atom is 0.416 e. The lowest BCUT2D eigenvalue weighted by molar-refractivity contribution is -0.137. The van der Waals surface area contributed by atoms with E-state index >= 15 is 0 Å². The summed E-state index contributed by atoms with van der Waals surface area (Å²) in [4.78, 5) is 20.1. The normalized spacial score (nSPS) is 11.7. The van der Waals surface area contributed by atoms with Gasteiger partial charge in [0.2, 0.25) is 5.89 Å². The number of hydrogen-bond donors (Lipinski definition) is 0. The van der Waals surface area contributed by atoms with Crippen molar-refractivity contribution < 1.29 is 22.4 Å². The molecule has 0 atom stereocenters. The first-order valence-corrected chi connectivity index (χ1v) is 10.3. The van der Waals surface area contributed by atoms with Crippen molar-refractivity contribution in [1.82, 2.24) is 14.8 Å². The number of nitrogens with zero attached hydrogens (tertiary/aromatic N) is 3. The summed E-state index contributed by atoms with van der Waals surface area (Å²) < 4.78 is 44.9. The van der Waals surface area contributed by atoms with E-state index < -0.39 is 11.7 Å². The second kappa shape index (κ2) is 9.99. The largest absolute Gasteiger partial charge is 0.447 e. The smallest absolute Gasteiger partial charge is 0.416 e. The summed E-state index contributed by atoms with van der Waals surface area (Å²) in [5.41, 5.74) is 2.18. The maximum atomic E-state index is 13.1. The number of alkyl halides is 3. The first-order chi connectivity index (χ1) is 15.2. The van der Waals surface area contributed by atoms with Gasteiger partial charge in [-0.1, -0.05) is 48.0 Å². The number of aryl methyl sites for hydroxylation is 1. The Morgan fingerprint density at radius 3 is 2.38 bits per heavy atom. The molecule has 170 valence electrons. The molecular formula is C24H26F3N3O2. The van der Waals surface area contributed by atoms with Crippen molar-refractivity contribution in [1.29, 1.82) is 0 Å². The molecule has 8 heteroatoms. The zero-order valence-electron chi connectivity index (χ0n) is 18.3. The molecule has 32 heavy (non-hydrogen) atoms. The number of carbonyl (C=O) groups is 1. The summed E-state index contributed by atoms with van der Waals surface area (Å²) in [5.74, 6) is 0.0856. The molecule has 1 aromatic heterocycles. The van der Waals surface area contributed by atoms with Gasteiger partial charge in [-0.05, 0) is 31.0 Å². The molecule has 5 nitrogen and oxygen atoms in total. The van der Waals surface area contributed by atoms with Crippen LogP contribution < -0.4 is 0 Å². The van der Waals surface area contributed by atoms with Crippen molar-refractivity contribution in [2.75, 3.05) is 13.6 Å². The number of rotatable bonds is 8. The molecule has 0 saturated carbocycles. The highest BCUT2D eigenvalue weighted by Gasteiger charge is 2.30. The van der Waals surface area contributed by atoms with Crippen LogP contribution in [-0.4, -0.2) is 34.3 Å². The van der Waals surface area contributed by atoms with E-state index in [9.17, 15) is 18.0 Å². The maximum absolute atomic E-state index is 13.1. The van der Waals surface area contributed by atoms with E-state index in [2.05, 4.69) is 4.98 Å². The molecule has 0 radical (unpaired) electrons. The van der Waals surface area contributed by atoms with Crippen LogP contribution in [0.5, 0.6) is 0 Å². The van der Waals surface area contributed by atoms with Gasteiger partial charge in [0.05, 0.1) is 12.1 Å². The lowest BCUT2D eigenvalue weighted by atomic mass is 10.1. The fourth-order valence-electron chi connectivity index (χ4n) is 3.24. The van der Waals surface area contributed by atoms with E-state index in [-0.39, 0.29) is 24.7 Å². The Labute approximate surface area is 185 Å². The second-order valence-corrected chi connectivity index (χ2v) is 7.77. The first-order valence-electron chi connectivity index (χ1n) is 10.3. The number of halogens is 3. The van der Waals surface area contributed by atoms with E-state index in [0.29, 0.717) is 24.5 Å². The van der Waals surface area contributed by atoms with E-state index in [1.807, 2.05) is 43.0 Å². The molecule has 2 aromatic carbocycles. The molecule has 0 aliphatic carbocycles. The third kappa shape index (κ3) is 6.20. The number of carbonyl (C=O) groups excluding carboxylic acids is 1. The molecule has 1 amide bonds. The van der Waals surface area contributed by atoms with Crippen molar-refractivity contribution >= 4 is 5.91 Å². The standard InChI is InChI=1S/C24H26F3N3O2/c1-4-29(3)23(31)21-16-32-22(28-21)15-30(13-18-10-8-17(2)9-11-18)14-19-6-5-7-20(12-19)24(25,26)27/h5-12,16H,4,13-15H2,1-3H3. The van der Waals surface area contributed by atoms with Gasteiger partial charge >= 0.3 is 6.18 Å². The monoisotopic (exact) mass is 445 g/mol. The molecule has 1 heterocycles. The fraction of sp³-hybridized carbons (Fsp3) is 0.333. The van der Waals surface area contributed by atoms with Gasteiger partial charge in [-0.25, -0.2) is 4.98 Å². The third-order valence-electron chi connectivity index (χ3n) is 5.14. The van der Waals surface area contributed by atoms with Gasteiger partial charge in [-0.3, -0.25) is 9.69 Å². The van der Waals surface area contributed by atoms with Crippen LogP contribution in [0.15, 0.2) is 59.2 Å². The van der Waals surface area contributed by atoms with E-state index in [1.54, 1.807) is 13.1 Å². The number of amides is 1. The van der Waals surface area contributed by atoms with Crippen LogP contribution in [0.3, 0.4) is 0 Å². The Kier molecular flexibility index (Phi) is 7.35. The van der Waals surface area contributed by atoms with Gasteiger partial charge in [0.1, 0.15) is 6.26 Å². The summed E-state index contributed by atoms with van der Waals surface area (Å²) in [6, 6.07) is 13.2. The van der Waals surface area contributed by atoms with Crippen LogP contribution in [0.1, 0.15) is 45.6 Å². The summed E-state index contributed by atoms with van der Waals surface area (Å²) in [7, 11) is 1.67. The first kappa shape index (κ1) is 23.5. The van der Waals surface area contributed by atoms with E-state index in [0.717, 1.165) is 23.3 Å². The second-order valence-electron chi connectivity index (χ2n) is 7.77. The van der Waals surface area contributed by atoms with Gasteiger partial charge in [0.15, 0.2) is 5.69 Å². The number of oxazole rings is 1. The highest BCUT2D eigenvalue weighted by Crippen LogP contribution is 2.30. The zero-order valence-corrected chi connectivity index (χ0v) is 18.3. The lowest BCUT2D eigenvalue weighted by Gasteiger charge is -2.22. The number of benzene rings is 2. The topological polar surface area (TPSA) is 49.6 Å². The van der Waals surface area contributed by atoms with Crippen LogP contribution in [-0.2, 0) is 25.8 Å². The van der Waals surface area contributed by atoms with Gasteiger partial charge in [0.25, 0.3) is 5.91 Å². The highest BCUT2D eigenvalue weighted by atomic mass is 19.4. The molecule has 3 rings (SSSR count). The van der Waals surface area contributed by atoms with Crippen LogP contribution in [0.2, 0.25) is 0 Å². The van der Waals surface area contributed by atoms with E-state index in [1.165, 1.54) is 17.2 Å². The van der Waals surface area contributed by atoms with Crippen molar-refractivity contribution in [2.24, 2.45) is 0 Å². The summed E-state index contributed by atoms with van der Waals surface area (Å²) in [6.07, 6.45) is -3.08. The minimum absolute atomic E-state index is 0.207. The Hall–Kier alpha value is -3.13. The van der Waals surface area contributed by atoms with Gasteiger partial charge in [0, 0.05) is 26.7 Å². The quantitative estimate of drug-likeness (QED) is 0.472. The molecule has 0 fully saturated rings. The predicted molar refractivity (Wildman–Crippen MR) is 115 cm³/mol. The van der Waals surface area contributed by atoms with Crippen molar-refractivity contribution in [3.8, 4) is 0 Å². The van der Waals surface area contributed by atoms with E-state index in [4.69, 9.17) is 4.42 Å². The summed E-state index contributed by atoms with van der Waals surface area (Å²) in [6.45, 7) is 5.37. The molecule has 3 aromatic rings. The lowest BCUT2D eigenvalue weighted by Crippen LogP contribution is -2.26. The number of hydrogen-bond acceptors (Lipinski definition) is 4. The van der Waals surface area contributed by atoms with Crippen LogP contribution in [0, 0.1) is 6.92 Å². The average molecular weight is 445 g/mol. The Balaban J connectivity index is 1.82. The molecule has 0 unspecified atom stereocenters. The zero-order chi connectivity index (χ0) is 23.3.